The lowest BCUT2D eigenvalue weighted by molar-refractivity contribution is -0.121. The Morgan fingerprint density at radius 2 is 1.90 bits per heavy atom. The van der Waals surface area contributed by atoms with E-state index in [9.17, 15) is 14.4 Å². The fraction of sp³-hybridized carbons (Fsp3) is 0.409. The molecule has 158 valence electrons. The molecule has 3 heterocycles. The molecule has 1 aromatic carbocycles. The first-order valence-electron chi connectivity index (χ1n) is 10.2. The van der Waals surface area contributed by atoms with E-state index in [1.54, 1.807) is 24.5 Å². The van der Waals surface area contributed by atoms with Crippen LogP contribution in [0.5, 0.6) is 0 Å². The van der Waals surface area contributed by atoms with E-state index in [0.717, 1.165) is 36.2 Å². The van der Waals surface area contributed by atoms with Crippen molar-refractivity contribution in [2.75, 3.05) is 26.2 Å². The number of nitrogens with one attached hydrogen (secondary N) is 1. The van der Waals surface area contributed by atoms with Gasteiger partial charge in [0.25, 0.3) is 11.8 Å². The van der Waals surface area contributed by atoms with E-state index in [1.807, 2.05) is 12.1 Å². The Hall–Kier alpha value is -2.45. The van der Waals surface area contributed by atoms with E-state index in [2.05, 4.69) is 26.1 Å². The maximum absolute atomic E-state index is 12.5. The molecular formula is C22H24BrN3O4. The summed E-state index contributed by atoms with van der Waals surface area (Å²) in [5.74, 6) is 0.165. The van der Waals surface area contributed by atoms with Crippen molar-refractivity contribution in [1.82, 2.24) is 15.1 Å². The van der Waals surface area contributed by atoms with Crippen LogP contribution in [0.2, 0.25) is 0 Å². The van der Waals surface area contributed by atoms with Crippen LogP contribution in [0.4, 0.5) is 0 Å². The first-order valence-corrected chi connectivity index (χ1v) is 11.0. The normalized spacial score (nSPS) is 17.4. The molecule has 1 N–H and O–H groups in total. The van der Waals surface area contributed by atoms with Crippen LogP contribution in [-0.2, 0) is 4.79 Å². The highest BCUT2D eigenvalue weighted by Crippen LogP contribution is 2.27. The topological polar surface area (TPSA) is 82.9 Å². The van der Waals surface area contributed by atoms with Gasteiger partial charge in [-0.15, -0.1) is 0 Å². The van der Waals surface area contributed by atoms with Gasteiger partial charge in [-0.3, -0.25) is 24.2 Å². The van der Waals surface area contributed by atoms with E-state index in [4.69, 9.17) is 4.42 Å². The molecule has 1 unspecified atom stereocenters. The van der Waals surface area contributed by atoms with Crippen molar-refractivity contribution in [2.45, 2.75) is 31.7 Å². The minimum Gasteiger partial charge on any atom is -0.468 e. The van der Waals surface area contributed by atoms with Gasteiger partial charge in [-0.05, 0) is 62.7 Å². The van der Waals surface area contributed by atoms with E-state index >= 15 is 0 Å². The molecule has 0 spiro atoms. The van der Waals surface area contributed by atoms with Gasteiger partial charge in [0.15, 0.2) is 0 Å². The van der Waals surface area contributed by atoms with E-state index in [0.29, 0.717) is 24.1 Å². The third kappa shape index (κ3) is 4.34. The maximum Gasteiger partial charge on any atom is 0.261 e. The predicted molar refractivity (Wildman–Crippen MR) is 114 cm³/mol. The van der Waals surface area contributed by atoms with E-state index in [1.165, 1.54) is 4.90 Å². The Morgan fingerprint density at radius 1 is 1.13 bits per heavy atom. The highest BCUT2D eigenvalue weighted by atomic mass is 79.9. The van der Waals surface area contributed by atoms with Crippen LogP contribution in [0.15, 0.2) is 45.5 Å². The molecule has 0 saturated carbocycles. The summed E-state index contributed by atoms with van der Waals surface area (Å²) in [6, 6.07) is 8.89. The van der Waals surface area contributed by atoms with Crippen LogP contribution in [0.1, 0.15) is 58.2 Å². The van der Waals surface area contributed by atoms with E-state index < -0.39 is 0 Å². The standard InChI is InChI=1S/C22H24BrN3O4/c23-15-7-8-16-17(13-15)22(29)26(21(16)28)11-3-6-20(27)24-14-18(19-5-4-12-30-19)25-9-1-2-10-25/h4-5,7-8,12-13,18H,1-3,6,9-11,14H2,(H,24,27). The van der Waals surface area contributed by atoms with Crippen LogP contribution >= 0.6 is 15.9 Å². The molecule has 1 fully saturated rings. The van der Waals surface area contributed by atoms with Crippen molar-refractivity contribution in [1.29, 1.82) is 0 Å². The van der Waals surface area contributed by atoms with Crippen molar-refractivity contribution in [3.8, 4) is 0 Å². The second-order valence-electron chi connectivity index (χ2n) is 7.63. The molecule has 1 atom stereocenters. The van der Waals surface area contributed by atoms with Crippen molar-refractivity contribution >= 4 is 33.7 Å². The molecule has 7 nitrogen and oxygen atoms in total. The summed E-state index contributed by atoms with van der Waals surface area (Å²) in [5, 5.41) is 2.99. The highest BCUT2D eigenvalue weighted by molar-refractivity contribution is 9.10. The van der Waals surface area contributed by atoms with Crippen LogP contribution in [0.3, 0.4) is 0 Å². The lowest BCUT2D eigenvalue weighted by atomic mass is 10.1. The second kappa shape index (κ2) is 9.14. The van der Waals surface area contributed by atoms with Crippen LogP contribution in [0.25, 0.3) is 0 Å². The molecule has 2 aliphatic rings. The zero-order chi connectivity index (χ0) is 21.1. The smallest absolute Gasteiger partial charge is 0.261 e. The molecule has 4 rings (SSSR count). The molecule has 2 aromatic rings. The number of rotatable bonds is 8. The van der Waals surface area contributed by atoms with Crippen LogP contribution in [-0.4, -0.2) is 53.7 Å². The van der Waals surface area contributed by atoms with Crippen molar-refractivity contribution in [3.05, 3.63) is 58.0 Å². The maximum atomic E-state index is 12.5. The fourth-order valence-corrected chi connectivity index (χ4v) is 4.47. The summed E-state index contributed by atoms with van der Waals surface area (Å²) in [4.78, 5) is 40.9. The molecule has 3 amide bonds. The summed E-state index contributed by atoms with van der Waals surface area (Å²) in [7, 11) is 0. The average Bonchev–Trinajstić information content (AvgIpc) is 3.48. The van der Waals surface area contributed by atoms with Gasteiger partial charge in [0.2, 0.25) is 5.91 Å². The zero-order valence-corrected chi connectivity index (χ0v) is 18.2. The zero-order valence-electron chi connectivity index (χ0n) is 16.6. The molecule has 8 heteroatoms. The summed E-state index contributed by atoms with van der Waals surface area (Å²) < 4.78 is 6.33. The molecular weight excluding hydrogens is 450 g/mol. The number of hydrogen-bond acceptors (Lipinski definition) is 5. The number of carbonyl (C=O) groups excluding carboxylic acids is 3. The first kappa shape index (κ1) is 20.8. The molecule has 1 saturated heterocycles. The van der Waals surface area contributed by atoms with Gasteiger partial charge in [-0.25, -0.2) is 0 Å². The molecule has 2 aliphatic heterocycles. The Bertz CT molecular complexity index is 938. The molecule has 0 radical (unpaired) electrons. The molecule has 1 aromatic heterocycles. The van der Waals surface area contributed by atoms with Crippen molar-refractivity contribution in [3.63, 3.8) is 0 Å². The summed E-state index contributed by atoms with van der Waals surface area (Å²) in [5.41, 5.74) is 0.824. The highest BCUT2D eigenvalue weighted by Gasteiger charge is 2.35. The first-order chi connectivity index (χ1) is 14.5. The second-order valence-corrected chi connectivity index (χ2v) is 8.55. The number of furan rings is 1. The van der Waals surface area contributed by atoms with Gasteiger partial charge in [0.05, 0.1) is 23.4 Å². The minimum atomic E-state index is -0.302. The Kier molecular flexibility index (Phi) is 6.34. The average molecular weight is 474 g/mol. The number of amides is 3. The minimum absolute atomic E-state index is 0.0288. The number of hydrogen-bond donors (Lipinski definition) is 1. The number of likely N-dealkylation sites (tertiary alicyclic amines) is 1. The molecule has 0 bridgehead atoms. The van der Waals surface area contributed by atoms with Crippen molar-refractivity contribution < 1.29 is 18.8 Å². The van der Waals surface area contributed by atoms with Gasteiger partial charge in [0.1, 0.15) is 5.76 Å². The SMILES string of the molecule is O=C(CCCN1C(=O)c2ccc(Br)cc2C1=O)NCC(c1ccco1)N1CCCC1. The van der Waals surface area contributed by atoms with Gasteiger partial charge in [-0.2, -0.15) is 0 Å². The lowest BCUT2D eigenvalue weighted by Crippen LogP contribution is -2.37. The number of nitrogens with zero attached hydrogens (tertiary/aromatic N) is 2. The predicted octanol–water partition coefficient (Wildman–Crippen LogP) is 3.37. The monoisotopic (exact) mass is 473 g/mol. The third-order valence-corrected chi connectivity index (χ3v) is 6.16. The van der Waals surface area contributed by atoms with Crippen LogP contribution in [0, 0.1) is 0 Å². The summed E-state index contributed by atoms with van der Waals surface area (Å²) in [6.45, 7) is 2.70. The third-order valence-electron chi connectivity index (χ3n) is 5.66. The quantitative estimate of drug-likeness (QED) is 0.594. The number of carbonyl (C=O) groups is 3. The number of halogens is 1. The fourth-order valence-electron chi connectivity index (χ4n) is 4.11. The van der Waals surface area contributed by atoms with Crippen molar-refractivity contribution in [2.24, 2.45) is 0 Å². The van der Waals surface area contributed by atoms with E-state index in [-0.39, 0.29) is 36.7 Å². The van der Waals surface area contributed by atoms with Gasteiger partial charge in [0, 0.05) is 24.0 Å². The summed E-state index contributed by atoms with van der Waals surface area (Å²) >= 11 is 3.33. The van der Waals surface area contributed by atoms with Gasteiger partial charge >= 0.3 is 0 Å². The summed E-state index contributed by atoms with van der Waals surface area (Å²) in [6.07, 6.45) is 4.64. The lowest BCUT2D eigenvalue weighted by Gasteiger charge is -2.26. The number of fused-ring (bicyclic) bond motifs is 1. The van der Waals surface area contributed by atoms with Gasteiger partial charge in [-0.1, -0.05) is 15.9 Å². The molecule has 30 heavy (non-hydrogen) atoms. The number of benzene rings is 1. The molecule has 0 aliphatic carbocycles. The van der Waals surface area contributed by atoms with Gasteiger partial charge < -0.3 is 9.73 Å². The largest absolute Gasteiger partial charge is 0.468 e. The van der Waals surface area contributed by atoms with Crippen LogP contribution < -0.4 is 5.32 Å². The Morgan fingerprint density at radius 3 is 2.63 bits per heavy atom. The Balaban J connectivity index is 1.27. The number of imide groups is 1. The Labute approximate surface area is 183 Å².